The van der Waals surface area contributed by atoms with Crippen LogP contribution in [0.2, 0.25) is 5.02 Å². The Morgan fingerprint density at radius 2 is 1.33 bits per heavy atom. The number of hydrogen-bond donors (Lipinski definition) is 0. The summed E-state index contributed by atoms with van der Waals surface area (Å²) >= 11 is 9.91. The van der Waals surface area contributed by atoms with E-state index in [-0.39, 0.29) is 0 Å². The fourth-order valence-corrected chi connectivity index (χ4v) is 4.27. The average molecular weight is 433 g/mol. The highest BCUT2D eigenvalue weighted by atomic mass is 79.9. The monoisotopic (exact) mass is 431 g/mol. The molecule has 5 rings (SSSR count). The summed E-state index contributed by atoms with van der Waals surface area (Å²) in [6.07, 6.45) is 0. The van der Waals surface area contributed by atoms with Crippen LogP contribution in [0, 0.1) is 0 Å². The minimum absolute atomic E-state index is 0.752. The second-order valence-corrected chi connectivity index (χ2v) is 7.93. The number of aromatic nitrogens is 1. The lowest BCUT2D eigenvalue weighted by Crippen LogP contribution is -1.92. The minimum Gasteiger partial charge on any atom is -0.309 e. The zero-order chi connectivity index (χ0) is 18.4. The Hall–Kier alpha value is -2.55. The van der Waals surface area contributed by atoms with Crippen molar-refractivity contribution in [3.8, 4) is 16.8 Å². The van der Waals surface area contributed by atoms with Crippen molar-refractivity contribution in [3.05, 3.63) is 100 Å². The third-order valence-corrected chi connectivity index (χ3v) is 5.63. The van der Waals surface area contributed by atoms with Gasteiger partial charge >= 0.3 is 0 Å². The molecule has 0 bridgehead atoms. The maximum absolute atomic E-state index is 6.34. The number of rotatable bonds is 2. The maximum Gasteiger partial charge on any atom is 0.0542 e. The van der Waals surface area contributed by atoms with Crippen LogP contribution in [0.4, 0.5) is 0 Å². The molecule has 1 aromatic heterocycles. The van der Waals surface area contributed by atoms with Crippen LogP contribution >= 0.6 is 27.5 Å². The van der Waals surface area contributed by atoms with E-state index < -0.39 is 0 Å². The van der Waals surface area contributed by atoms with E-state index in [0.717, 1.165) is 26.1 Å². The van der Waals surface area contributed by atoms with E-state index in [9.17, 15) is 0 Å². The Kier molecular flexibility index (Phi) is 4.04. The van der Waals surface area contributed by atoms with Gasteiger partial charge in [0.25, 0.3) is 0 Å². The smallest absolute Gasteiger partial charge is 0.0542 e. The Bertz CT molecular complexity index is 1290. The van der Waals surface area contributed by atoms with E-state index in [1.807, 2.05) is 18.2 Å². The van der Waals surface area contributed by atoms with Crippen molar-refractivity contribution in [2.75, 3.05) is 0 Å². The SMILES string of the molecule is Clc1ccc2c(c1)c1cc(-c3cccc(Br)c3)ccc1n2-c1ccccc1. The van der Waals surface area contributed by atoms with Gasteiger partial charge in [0.1, 0.15) is 0 Å². The van der Waals surface area contributed by atoms with Crippen molar-refractivity contribution < 1.29 is 0 Å². The van der Waals surface area contributed by atoms with Gasteiger partial charge in [-0.2, -0.15) is 0 Å². The molecule has 4 aromatic carbocycles. The maximum atomic E-state index is 6.34. The second-order valence-electron chi connectivity index (χ2n) is 6.57. The van der Waals surface area contributed by atoms with Crippen molar-refractivity contribution in [2.24, 2.45) is 0 Å². The molecule has 3 heteroatoms. The van der Waals surface area contributed by atoms with Crippen LogP contribution in [-0.4, -0.2) is 4.57 Å². The van der Waals surface area contributed by atoms with Gasteiger partial charge in [-0.15, -0.1) is 0 Å². The molecule has 0 spiro atoms. The minimum atomic E-state index is 0.752. The summed E-state index contributed by atoms with van der Waals surface area (Å²) in [5.74, 6) is 0. The first-order chi connectivity index (χ1) is 13.2. The number of nitrogens with zero attached hydrogens (tertiary/aromatic N) is 1. The predicted molar refractivity (Wildman–Crippen MR) is 119 cm³/mol. The first-order valence-corrected chi connectivity index (χ1v) is 9.93. The van der Waals surface area contributed by atoms with E-state index in [2.05, 4.69) is 93.3 Å². The lowest BCUT2D eigenvalue weighted by Gasteiger charge is -2.08. The van der Waals surface area contributed by atoms with Crippen LogP contribution in [0.3, 0.4) is 0 Å². The molecule has 0 aliphatic carbocycles. The standard InChI is InChI=1S/C24H15BrClN/c25-18-6-4-5-16(13-18)17-9-11-23-21(14-17)22-15-19(26)10-12-24(22)27(23)20-7-2-1-3-8-20/h1-15H. The van der Waals surface area contributed by atoms with Crippen molar-refractivity contribution in [2.45, 2.75) is 0 Å². The molecule has 0 saturated carbocycles. The molecule has 0 unspecified atom stereocenters. The third-order valence-electron chi connectivity index (χ3n) is 4.90. The lowest BCUT2D eigenvalue weighted by molar-refractivity contribution is 1.18. The van der Waals surface area contributed by atoms with Crippen LogP contribution < -0.4 is 0 Å². The summed E-state index contributed by atoms with van der Waals surface area (Å²) in [5, 5.41) is 3.12. The summed E-state index contributed by atoms with van der Waals surface area (Å²) in [7, 11) is 0. The molecule has 0 aliphatic rings. The molecule has 1 nitrogen and oxygen atoms in total. The Labute approximate surface area is 170 Å². The van der Waals surface area contributed by atoms with Crippen LogP contribution in [-0.2, 0) is 0 Å². The van der Waals surface area contributed by atoms with Gasteiger partial charge in [-0.05, 0) is 65.7 Å². The van der Waals surface area contributed by atoms with Crippen molar-refractivity contribution in [1.29, 1.82) is 0 Å². The van der Waals surface area contributed by atoms with Crippen molar-refractivity contribution >= 4 is 49.3 Å². The first kappa shape index (κ1) is 16.6. The van der Waals surface area contributed by atoms with E-state index in [1.54, 1.807) is 0 Å². The van der Waals surface area contributed by atoms with Gasteiger partial charge in [0.05, 0.1) is 11.0 Å². The summed E-state index contributed by atoms with van der Waals surface area (Å²) in [4.78, 5) is 0. The Balaban J connectivity index is 1.85. The molecule has 0 atom stereocenters. The van der Waals surface area contributed by atoms with Crippen LogP contribution in [0.5, 0.6) is 0 Å². The molecule has 27 heavy (non-hydrogen) atoms. The van der Waals surface area contributed by atoms with E-state index in [0.29, 0.717) is 0 Å². The van der Waals surface area contributed by atoms with Gasteiger partial charge in [0.15, 0.2) is 0 Å². The van der Waals surface area contributed by atoms with Crippen LogP contribution in [0.1, 0.15) is 0 Å². The Morgan fingerprint density at radius 3 is 2.11 bits per heavy atom. The summed E-state index contributed by atoms with van der Waals surface area (Å²) in [6, 6.07) is 31.6. The molecule has 130 valence electrons. The number of benzene rings is 4. The van der Waals surface area contributed by atoms with Crippen molar-refractivity contribution in [1.82, 2.24) is 4.57 Å². The second kappa shape index (κ2) is 6.56. The molecule has 5 aromatic rings. The molecule has 0 aliphatic heterocycles. The molecule has 0 N–H and O–H groups in total. The summed E-state index contributed by atoms with van der Waals surface area (Å²) < 4.78 is 3.38. The van der Waals surface area contributed by atoms with Gasteiger partial charge in [0, 0.05) is 26.0 Å². The first-order valence-electron chi connectivity index (χ1n) is 8.76. The Morgan fingerprint density at radius 1 is 0.630 bits per heavy atom. The number of hydrogen-bond acceptors (Lipinski definition) is 0. The summed E-state index contributed by atoms with van der Waals surface area (Å²) in [5.41, 5.74) is 5.86. The molecule has 0 saturated heterocycles. The third kappa shape index (κ3) is 2.86. The van der Waals surface area contributed by atoms with Crippen LogP contribution in [0.25, 0.3) is 38.6 Å². The largest absolute Gasteiger partial charge is 0.309 e. The highest BCUT2D eigenvalue weighted by Crippen LogP contribution is 2.36. The van der Waals surface area contributed by atoms with Gasteiger partial charge < -0.3 is 4.57 Å². The summed E-state index contributed by atoms with van der Waals surface area (Å²) in [6.45, 7) is 0. The van der Waals surface area contributed by atoms with Gasteiger partial charge in [0.2, 0.25) is 0 Å². The van der Waals surface area contributed by atoms with Gasteiger partial charge in [-0.1, -0.05) is 63.9 Å². The van der Waals surface area contributed by atoms with Crippen LogP contribution in [0.15, 0.2) is 95.5 Å². The molecular weight excluding hydrogens is 418 g/mol. The van der Waals surface area contributed by atoms with E-state index in [4.69, 9.17) is 11.6 Å². The molecule has 1 heterocycles. The number of fused-ring (bicyclic) bond motifs is 3. The molecular formula is C24H15BrClN. The molecule has 0 radical (unpaired) electrons. The fourth-order valence-electron chi connectivity index (χ4n) is 3.70. The fraction of sp³-hybridized carbons (Fsp3) is 0. The number of para-hydroxylation sites is 1. The molecule has 0 amide bonds. The van der Waals surface area contributed by atoms with E-state index in [1.165, 1.54) is 22.0 Å². The topological polar surface area (TPSA) is 4.93 Å². The quantitative estimate of drug-likeness (QED) is 0.267. The normalized spacial score (nSPS) is 11.3. The highest BCUT2D eigenvalue weighted by molar-refractivity contribution is 9.10. The predicted octanol–water partition coefficient (Wildman–Crippen LogP) is 7.87. The van der Waals surface area contributed by atoms with Gasteiger partial charge in [-0.25, -0.2) is 0 Å². The average Bonchev–Trinajstić information content (AvgIpc) is 3.01. The molecule has 0 fully saturated rings. The zero-order valence-electron chi connectivity index (χ0n) is 14.4. The van der Waals surface area contributed by atoms with E-state index >= 15 is 0 Å². The number of halogens is 2. The van der Waals surface area contributed by atoms with Gasteiger partial charge in [-0.3, -0.25) is 0 Å². The van der Waals surface area contributed by atoms with Crippen molar-refractivity contribution in [3.63, 3.8) is 0 Å². The lowest BCUT2D eigenvalue weighted by atomic mass is 10.0. The zero-order valence-corrected chi connectivity index (χ0v) is 16.7. The highest BCUT2D eigenvalue weighted by Gasteiger charge is 2.13.